The van der Waals surface area contributed by atoms with Crippen LogP contribution < -0.4 is 4.74 Å². The van der Waals surface area contributed by atoms with Crippen molar-refractivity contribution in [1.29, 1.82) is 0 Å². The molecule has 0 spiro atoms. The third-order valence-corrected chi connectivity index (χ3v) is 3.68. The minimum absolute atomic E-state index is 0.0347. The Morgan fingerprint density at radius 3 is 2.58 bits per heavy atom. The highest BCUT2D eigenvalue weighted by Crippen LogP contribution is 2.27. The second-order valence-electron chi connectivity index (χ2n) is 6.54. The van der Waals surface area contributed by atoms with Gasteiger partial charge in [-0.3, -0.25) is 4.90 Å². The Bertz CT molecular complexity index is 646. The lowest BCUT2D eigenvalue weighted by molar-refractivity contribution is -0.142. The Morgan fingerprint density at radius 2 is 2.04 bits per heavy atom. The molecule has 1 saturated heterocycles. The molecule has 8 heteroatoms. The molecule has 0 unspecified atom stereocenters. The highest BCUT2D eigenvalue weighted by Gasteiger charge is 2.42. The monoisotopic (exact) mass is 359 g/mol. The van der Waals surface area contributed by atoms with Gasteiger partial charge in [-0.1, -0.05) is 11.6 Å². The predicted molar refractivity (Wildman–Crippen MR) is 84.8 cm³/mol. The molecule has 0 aliphatic carbocycles. The number of likely N-dealkylation sites (tertiary alicyclic amines) is 1. The van der Waals surface area contributed by atoms with Crippen LogP contribution in [0, 0.1) is 5.82 Å². The number of ether oxygens (including phenoxy) is 2. The summed E-state index contributed by atoms with van der Waals surface area (Å²) in [6.45, 7) is 5.12. The fraction of sp³-hybridized carbons (Fsp3) is 0.500. The van der Waals surface area contributed by atoms with Crippen molar-refractivity contribution in [2.24, 2.45) is 0 Å². The van der Waals surface area contributed by atoms with E-state index in [2.05, 4.69) is 0 Å². The molecule has 1 aromatic carbocycles. The first-order chi connectivity index (χ1) is 11.1. The number of nitrogens with zero attached hydrogens (tertiary/aromatic N) is 1. The number of benzene rings is 1. The average molecular weight is 360 g/mol. The van der Waals surface area contributed by atoms with E-state index in [1.807, 2.05) is 0 Å². The summed E-state index contributed by atoms with van der Waals surface area (Å²) in [4.78, 5) is 24.7. The molecule has 1 aliphatic rings. The van der Waals surface area contributed by atoms with Crippen molar-refractivity contribution in [2.75, 3.05) is 6.54 Å². The zero-order valence-electron chi connectivity index (χ0n) is 13.6. The standard InChI is InChI=1S/C16H19ClFNO5/c1-16(2,3)24-15(22)19-8-10(7-13(19)14(20)21)23-9-4-5-11(17)12(18)6-9/h4-6,10,13H,7-8H2,1-3H3,(H,20,21)/t10-,13-/m0/s1. The molecule has 24 heavy (non-hydrogen) atoms. The number of halogens is 2. The summed E-state index contributed by atoms with van der Waals surface area (Å²) < 4.78 is 24.3. The van der Waals surface area contributed by atoms with Gasteiger partial charge in [-0.2, -0.15) is 0 Å². The maximum atomic E-state index is 13.5. The van der Waals surface area contributed by atoms with Crippen LogP contribution in [0.4, 0.5) is 9.18 Å². The molecule has 6 nitrogen and oxygen atoms in total. The van der Waals surface area contributed by atoms with E-state index < -0.39 is 35.6 Å². The van der Waals surface area contributed by atoms with Gasteiger partial charge in [-0.25, -0.2) is 14.0 Å². The topological polar surface area (TPSA) is 76.1 Å². The predicted octanol–water partition coefficient (Wildman–Crippen LogP) is 3.32. The van der Waals surface area contributed by atoms with Gasteiger partial charge in [0.15, 0.2) is 0 Å². The first-order valence-electron chi connectivity index (χ1n) is 7.41. The van der Waals surface area contributed by atoms with Crippen LogP contribution >= 0.6 is 11.6 Å². The molecule has 1 fully saturated rings. The maximum Gasteiger partial charge on any atom is 0.411 e. The van der Waals surface area contributed by atoms with E-state index in [1.54, 1.807) is 20.8 Å². The first-order valence-corrected chi connectivity index (χ1v) is 7.79. The van der Waals surface area contributed by atoms with Gasteiger partial charge in [0.2, 0.25) is 0 Å². The van der Waals surface area contributed by atoms with Crippen LogP contribution in [-0.2, 0) is 9.53 Å². The smallest absolute Gasteiger partial charge is 0.411 e. The molecular weight excluding hydrogens is 341 g/mol. The van der Waals surface area contributed by atoms with Crippen molar-refractivity contribution in [3.05, 3.63) is 29.0 Å². The summed E-state index contributed by atoms with van der Waals surface area (Å²) in [5.74, 6) is -1.56. The van der Waals surface area contributed by atoms with E-state index >= 15 is 0 Å². The van der Waals surface area contributed by atoms with Crippen molar-refractivity contribution < 1.29 is 28.6 Å². The Kier molecular flexibility index (Phi) is 5.22. The number of hydrogen-bond acceptors (Lipinski definition) is 4. The molecule has 1 aromatic rings. The normalized spacial score (nSPS) is 20.8. The summed E-state index contributed by atoms with van der Waals surface area (Å²) in [5.41, 5.74) is -0.738. The molecule has 2 atom stereocenters. The molecule has 132 valence electrons. The minimum atomic E-state index is -1.14. The summed E-state index contributed by atoms with van der Waals surface area (Å²) in [6, 6.07) is 2.90. The lowest BCUT2D eigenvalue weighted by Gasteiger charge is -2.26. The highest BCUT2D eigenvalue weighted by atomic mass is 35.5. The fourth-order valence-electron chi connectivity index (χ4n) is 2.38. The fourth-order valence-corrected chi connectivity index (χ4v) is 2.50. The van der Waals surface area contributed by atoms with E-state index in [0.29, 0.717) is 0 Å². The number of carboxylic acid groups (broad SMARTS) is 1. The quantitative estimate of drug-likeness (QED) is 0.895. The van der Waals surface area contributed by atoms with E-state index in [4.69, 9.17) is 21.1 Å². The molecule has 0 aromatic heterocycles. The Hall–Kier alpha value is -2.02. The van der Waals surface area contributed by atoms with Crippen LogP contribution in [0.15, 0.2) is 18.2 Å². The van der Waals surface area contributed by atoms with Gasteiger partial charge in [0.25, 0.3) is 0 Å². The number of amides is 1. The SMILES string of the molecule is CC(C)(C)OC(=O)N1C[C@@H](Oc2ccc(Cl)c(F)c2)C[C@H]1C(=O)O. The van der Waals surface area contributed by atoms with Crippen molar-refractivity contribution in [1.82, 2.24) is 4.90 Å². The number of carbonyl (C=O) groups excluding carboxylic acids is 1. The van der Waals surface area contributed by atoms with Crippen LogP contribution in [0.1, 0.15) is 27.2 Å². The Balaban J connectivity index is 2.10. The van der Waals surface area contributed by atoms with Crippen LogP contribution in [0.5, 0.6) is 5.75 Å². The largest absolute Gasteiger partial charge is 0.488 e. The second-order valence-corrected chi connectivity index (χ2v) is 6.95. The number of aliphatic carboxylic acids is 1. The molecule has 0 bridgehead atoms. The summed E-state index contributed by atoms with van der Waals surface area (Å²) in [5, 5.41) is 9.28. The van der Waals surface area contributed by atoms with E-state index in [9.17, 15) is 19.1 Å². The van der Waals surface area contributed by atoms with Crippen LogP contribution in [0.3, 0.4) is 0 Å². The zero-order chi connectivity index (χ0) is 18.1. The van der Waals surface area contributed by atoms with Crippen molar-refractivity contribution in [2.45, 2.75) is 44.9 Å². The highest BCUT2D eigenvalue weighted by molar-refractivity contribution is 6.30. The van der Waals surface area contributed by atoms with Crippen molar-refractivity contribution in [3.8, 4) is 5.75 Å². The van der Waals surface area contributed by atoms with Gasteiger partial charge in [0.05, 0.1) is 11.6 Å². The van der Waals surface area contributed by atoms with Gasteiger partial charge >= 0.3 is 12.1 Å². The van der Waals surface area contributed by atoms with Crippen LogP contribution in [0.25, 0.3) is 0 Å². The maximum absolute atomic E-state index is 13.5. The molecular formula is C16H19ClFNO5. The zero-order valence-corrected chi connectivity index (χ0v) is 14.3. The van der Waals surface area contributed by atoms with Gasteiger partial charge in [0, 0.05) is 12.5 Å². The number of carbonyl (C=O) groups is 2. The number of carboxylic acids is 1. The molecule has 1 heterocycles. The van der Waals surface area contributed by atoms with Crippen LogP contribution in [0.2, 0.25) is 5.02 Å². The van der Waals surface area contributed by atoms with Gasteiger partial charge in [-0.15, -0.1) is 0 Å². The summed E-state index contributed by atoms with van der Waals surface area (Å²) in [7, 11) is 0. The molecule has 0 radical (unpaired) electrons. The third-order valence-electron chi connectivity index (χ3n) is 3.37. The second kappa shape index (κ2) is 6.84. The summed E-state index contributed by atoms with van der Waals surface area (Å²) in [6.07, 6.45) is -1.22. The average Bonchev–Trinajstić information content (AvgIpc) is 2.85. The molecule has 2 rings (SSSR count). The Morgan fingerprint density at radius 1 is 1.38 bits per heavy atom. The van der Waals surface area contributed by atoms with Gasteiger partial charge in [-0.05, 0) is 32.9 Å². The van der Waals surface area contributed by atoms with Crippen molar-refractivity contribution in [3.63, 3.8) is 0 Å². The molecule has 1 aliphatic heterocycles. The lowest BCUT2D eigenvalue weighted by atomic mass is 10.2. The van der Waals surface area contributed by atoms with E-state index in [-0.39, 0.29) is 23.7 Å². The van der Waals surface area contributed by atoms with Crippen molar-refractivity contribution >= 4 is 23.7 Å². The first kappa shape index (κ1) is 18.3. The lowest BCUT2D eigenvalue weighted by Crippen LogP contribution is -2.43. The Labute approximate surface area is 144 Å². The van der Waals surface area contributed by atoms with Gasteiger partial charge in [0.1, 0.15) is 29.3 Å². The molecule has 1 amide bonds. The molecule has 1 N–H and O–H groups in total. The van der Waals surface area contributed by atoms with Gasteiger partial charge < -0.3 is 14.6 Å². The van der Waals surface area contributed by atoms with E-state index in [0.717, 1.165) is 11.0 Å². The van der Waals surface area contributed by atoms with Crippen LogP contribution in [-0.4, -0.2) is 46.4 Å². The summed E-state index contributed by atoms with van der Waals surface area (Å²) >= 11 is 5.61. The van der Waals surface area contributed by atoms with E-state index in [1.165, 1.54) is 12.1 Å². The minimum Gasteiger partial charge on any atom is -0.488 e. The number of rotatable bonds is 3. The third kappa shape index (κ3) is 4.50. The number of hydrogen-bond donors (Lipinski definition) is 1. The molecule has 0 saturated carbocycles.